The predicted molar refractivity (Wildman–Crippen MR) is 119 cm³/mol. The van der Waals surface area contributed by atoms with Crippen molar-refractivity contribution in [1.82, 2.24) is 0 Å². The molecule has 0 aromatic heterocycles. The summed E-state index contributed by atoms with van der Waals surface area (Å²) < 4.78 is 16.1. The highest BCUT2D eigenvalue weighted by Gasteiger charge is 2.23. The molecule has 0 aliphatic rings. The number of methoxy groups -OCH3 is 3. The first kappa shape index (κ1) is 22.0. The van der Waals surface area contributed by atoms with Crippen molar-refractivity contribution in [3.63, 3.8) is 0 Å². The van der Waals surface area contributed by atoms with E-state index in [9.17, 15) is 9.59 Å². The normalized spacial score (nSPS) is 10.5. The fourth-order valence-corrected chi connectivity index (χ4v) is 3.52. The Morgan fingerprint density at radius 1 is 0.903 bits per heavy atom. The molecule has 1 amide bonds. The Balaban J connectivity index is 2.09. The van der Waals surface area contributed by atoms with E-state index < -0.39 is 5.97 Å². The Kier molecular flexibility index (Phi) is 6.97. The number of carboxylic acids is 1. The van der Waals surface area contributed by atoms with Crippen LogP contribution in [-0.4, -0.2) is 44.9 Å². The Morgan fingerprint density at radius 2 is 1.55 bits per heavy atom. The number of amides is 1. The van der Waals surface area contributed by atoms with E-state index in [1.807, 2.05) is 42.5 Å². The molecule has 0 aliphatic heterocycles. The first-order valence-electron chi connectivity index (χ1n) is 9.81. The summed E-state index contributed by atoms with van der Waals surface area (Å²) in [6.45, 7) is 0.246. The van der Waals surface area contributed by atoms with Gasteiger partial charge in [-0.3, -0.25) is 9.59 Å². The van der Waals surface area contributed by atoms with Crippen molar-refractivity contribution in [2.75, 3.05) is 32.8 Å². The Hall–Kier alpha value is -3.74. The van der Waals surface area contributed by atoms with Gasteiger partial charge in [-0.2, -0.15) is 0 Å². The second-order valence-electron chi connectivity index (χ2n) is 6.87. The van der Waals surface area contributed by atoms with Crippen LogP contribution < -0.4 is 19.1 Å². The van der Waals surface area contributed by atoms with E-state index in [2.05, 4.69) is 0 Å². The summed E-state index contributed by atoms with van der Waals surface area (Å²) in [5.74, 6) is -0.0644. The van der Waals surface area contributed by atoms with E-state index in [0.717, 1.165) is 10.8 Å². The molecule has 3 rings (SSSR count). The van der Waals surface area contributed by atoms with Gasteiger partial charge >= 0.3 is 5.97 Å². The van der Waals surface area contributed by atoms with Gasteiger partial charge in [0.1, 0.15) is 0 Å². The van der Waals surface area contributed by atoms with Crippen LogP contribution in [0.1, 0.15) is 23.2 Å². The van der Waals surface area contributed by atoms with Crippen LogP contribution in [0.15, 0.2) is 54.6 Å². The minimum Gasteiger partial charge on any atom is -0.493 e. The van der Waals surface area contributed by atoms with Crippen molar-refractivity contribution >= 4 is 28.3 Å². The van der Waals surface area contributed by atoms with Gasteiger partial charge in [-0.15, -0.1) is 0 Å². The summed E-state index contributed by atoms with van der Waals surface area (Å²) >= 11 is 0. The smallest absolute Gasteiger partial charge is 0.303 e. The summed E-state index contributed by atoms with van der Waals surface area (Å²) in [5, 5.41) is 11.0. The molecule has 0 unspecified atom stereocenters. The fraction of sp³-hybridized carbons (Fsp3) is 0.250. The Labute approximate surface area is 180 Å². The van der Waals surface area contributed by atoms with Crippen molar-refractivity contribution in [2.45, 2.75) is 12.8 Å². The van der Waals surface area contributed by atoms with Crippen LogP contribution in [0.2, 0.25) is 0 Å². The van der Waals surface area contributed by atoms with Crippen molar-refractivity contribution in [2.24, 2.45) is 0 Å². The zero-order chi connectivity index (χ0) is 22.4. The zero-order valence-corrected chi connectivity index (χ0v) is 17.8. The van der Waals surface area contributed by atoms with Crippen LogP contribution in [-0.2, 0) is 4.79 Å². The third-order valence-corrected chi connectivity index (χ3v) is 4.99. The van der Waals surface area contributed by atoms with Gasteiger partial charge in [0.05, 0.1) is 27.0 Å². The number of benzene rings is 3. The number of fused-ring (bicyclic) bond motifs is 1. The lowest BCUT2D eigenvalue weighted by Crippen LogP contribution is -2.32. The van der Waals surface area contributed by atoms with Gasteiger partial charge in [-0.05, 0) is 30.0 Å². The molecule has 0 spiro atoms. The lowest BCUT2D eigenvalue weighted by atomic mass is 10.1. The molecule has 7 nitrogen and oxygen atoms in total. The molecule has 7 heteroatoms. The number of carbonyl (C=O) groups is 2. The first-order chi connectivity index (χ1) is 15.0. The molecular weight excluding hydrogens is 398 g/mol. The predicted octanol–water partition coefficient (Wildman–Crippen LogP) is 4.38. The summed E-state index contributed by atoms with van der Waals surface area (Å²) in [4.78, 5) is 26.3. The van der Waals surface area contributed by atoms with Gasteiger partial charge in [0.15, 0.2) is 11.5 Å². The highest BCUT2D eigenvalue weighted by molar-refractivity contribution is 6.11. The number of ether oxygens (including phenoxy) is 3. The van der Waals surface area contributed by atoms with Crippen LogP contribution in [0.3, 0.4) is 0 Å². The molecule has 3 aromatic carbocycles. The topological polar surface area (TPSA) is 85.3 Å². The van der Waals surface area contributed by atoms with Crippen LogP contribution in [0.5, 0.6) is 17.2 Å². The SMILES string of the molecule is COc1cc(C(=O)N(CCCC(=O)O)c2cccc3ccccc23)cc(OC)c1OC. The van der Waals surface area contributed by atoms with E-state index >= 15 is 0 Å². The lowest BCUT2D eigenvalue weighted by Gasteiger charge is -2.25. The van der Waals surface area contributed by atoms with E-state index in [0.29, 0.717) is 34.9 Å². The number of nitrogens with zero attached hydrogens (tertiary/aromatic N) is 1. The highest BCUT2D eigenvalue weighted by atomic mass is 16.5. The van der Waals surface area contributed by atoms with Crippen LogP contribution in [0, 0.1) is 0 Å². The maximum Gasteiger partial charge on any atom is 0.303 e. The molecule has 162 valence electrons. The van der Waals surface area contributed by atoms with E-state index in [1.165, 1.54) is 21.3 Å². The number of hydrogen-bond acceptors (Lipinski definition) is 5. The van der Waals surface area contributed by atoms with Crippen LogP contribution >= 0.6 is 0 Å². The molecule has 0 fully saturated rings. The monoisotopic (exact) mass is 423 g/mol. The van der Waals surface area contributed by atoms with Crippen LogP contribution in [0.25, 0.3) is 10.8 Å². The van der Waals surface area contributed by atoms with E-state index in [4.69, 9.17) is 19.3 Å². The van der Waals surface area contributed by atoms with Crippen molar-refractivity contribution in [1.29, 1.82) is 0 Å². The Bertz CT molecular complexity index is 1060. The van der Waals surface area contributed by atoms with Crippen molar-refractivity contribution in [3.05, 3.63) is 60.2 Å². The maximum atomic E-state index is 13.6. The molecule has 0 atom stereocenters. The van der Waals surface area contributed by atoms with Crippen LogP contribution in [0.4, 0.5) is 5.69 Å². The summed E-state index contributed by atoms with van der Waals surface area (Å²) in [6.07, 6.45) is 0.276. The molecule has 0 radical (unpaired) electrons. The van der Waals surface area contributed by atoms with Gasteiger partial charge < -0.3 is 24.2 Å². The van der Waals surface area contributed by atoms with Gasteiger partial charge in [0.25, 0.3) is 5.91 Å². The number of carboxylic acid groups (broad SMARTS) is 1. The molecule has 0 aliphatic carbocycles. The van der Waals surface area contributed by atoms with E-state index in [-0.39, 0.29) is 18.9 Å². The standard InChI is InChI=1S/C24H25NO6/c1-29-20-14-17(15-21(30-2)23(20)31-3)24(28)25(13-7-12-22(26)27)19-11-6-9-16-8-4-5-10-18(16)19/h4-6,8-11,14-15H,7,12-13H2,1-3H3,(H,26,27). The van der Waals surface area contributed by atoms with Crippen molar-refractivity contribution in [3.8, 4) is 17.2 Å². The van der Waals surface area contributed by atoms with E-state index in [1.54, 1.807) is 17.0 Å². The lowest BCUT2D eigenvalue weighted by molar-refractivity contribution is -0.137. The van der Waals surface area contributed by atoms with Gasteiger partial charge in [-0.1, -0.05) is 36.4 Å². The minimum atomic E-state index is -0.905. The van der Waals surface area contributed by atoms with Gasteiger partial charge in [0.2, 0.25) is 5.75 Å². The third kappa shape index (κ3) is 4.71. The molecular formula is C24H25NO6. The molecule has 1 N–H and O–H groups in total. The zero-order valence-electron chi connectivity index (χ0n) is 17.8. The third-order valence-electron chi connectivity index (χ3n) is 4.99. The summed E-state index contributed by atoms with van der Waals surface area (Å²) in [5.41, 5.74) is 1.06. The molecule has 31 heavy (non-hydrogen) atoms. The first-order valence-corrected chi connectivity index (χ1v) is 9.81. The second-order valence-corrected chi connectivity index (χ2v) is 6.87. The molecule has 0 bridgehead atoms. The number of anilines is 1. The molecule has 3 aromatic rings. The van der Waals surface area contributed by atoms with Gasteiger partial charge in [-0.25, -0.2) is 0 Å². The largest absolute Gasteiger partial charge is 0.493 e. The quantitative estimate of drug-likeness (QED) is 0.550. The maximum absolute atomic E-state index is 13.6. The van der Waals surface area contributed by atoms with Gasteiger partial charge in [0, 0.05) is 23.9 Å². The average molecular weight is 423 g/mol. The highest BCUT2D eigenvalue weighted by Crippen LogP contribution is 2.39. The summed E-state index contributed by atoms with van der Waals surface area (Å²) in [6, 6.07) is 16.7. The fourth-order valence-electron chi connectivity index (χ4n) is 3.52. The minimum absolute atomic E-state index is 0.0379. The number of hydrogen-bond donors (Lipinski definition) is 1. The number of rotatable bonds is 9. The summed E-state index contributed by atoms with van der Waals surface area (Å²) in [7, 11) is 4.47. The number of aliphatic carboxylic acids is 1. The average Bonchev–Trinajstić information content (AvgIpc) is 2.80. The number of carbonyl (C=O) groups excluding carboxylic acids is 1. The molecule has 0 saturated carbocycles. The van der Waals surface area contributed by atoms with Crippen molar-refractivity contribution < 1.29 is 28.9 Å². The second kappa shape index (κ2) is 9.84. The molecule has 0 saturated heterocycles. The molecule has 0 heterocycles. The Morgan fingerprint density at radius 3 is 2.16 bits per heavy atom.